The maximum Gasteiger partial charge on any atom is 0.416 e. The van der Waals surface area contributed by atoms with E-state index in [2.05, 4.69) is 22.1 Å². The minimum Gasteiger partial charge on any atom is -0.481 e. The van der Waals surface area contributed by atoms with Gasteiger partial charge in [-0.25, -0.2) is 4.98 Å². The monoisotopic (exact) mass is 525 g/mol. The molecule has 0 radical (unpaired) electrons. The molecule has 0 atom stereocenters. The van der Waals surface area contributed by atoms with Crippen molar-refractivity contribution in [1.29, 1.82) is 0 Å². The average Bonchev–Trinajstić information content (AvgIpc) is 3.10. The molecule has 2 aromatic rings. The minimum atomic E-state index is -4.53. The molecule has 1 heterocycles. The first-order valence-electron chi connectivity index (χ1n) is 11.4. The van der Waals surface area contributed by atoms with E-state index in [0.717, 1.165) is 12.1 Å². The van der Waals surface area contributed by atoms with Crippen LogP contribution in [0, 0.1) is 23.7 Å². The van der Waals surface area contributed by atoms with Crippen LogP contribution in [0.1, 0.15) is 66.8 Å². The summed E-state index contributed by atoms with van der Waals surface area (Å²) in [6.45, 7) is 3.03. The lowest BCUT2D eigenvalue weighted by Gasteiger charge is -2.26. The average molecular weight is 526 g/mol. The number of nitrogens with one attached hydrogen (secondary N) is 1. The van der Waals surface area contributed by atoms with Crippen LogP contribution < -0.4 is 5.32 Å². The predicted molar refractivity (Wildman–Crippen MR) is 126 cm³/mol. The van der Waals surface area contributed by atoms with Gasteiger partial charge in [0, 0.05) is 6.54 Å². The van der Waals surface area contributed by atoms with Crippen LogP contribution >= 0.6 is 11.6 Å². The largest absolute Gasteiger partial charge is 0.481 e. The zero-order chi connectivity index (χ0) is 26.7. The fourth-order valence-corrected chi connectivity index (χ4v) is 4.29. The molecule has 0 spiro atoms. The van der Waals surface area contributed by atoms with E-state index in [0.29, 0.717) is 25.7 Å². The number of carboxylic acid groups (broad SMARTS) is 1. The molecule has 0 bridgehead atoms. The zero-order valence-corrected chi connectivity index (χ0v) is 20.6. The van der Waals surface area contributed by atoms with E-state index in [9.17, 15) is 27.9 Å². The molecular formula is C25H27ClF3N3O4. The van der Waals surface area contributed by atoms with Gasteiger partial charge in [-0.2, -0.15) is 13.2 Å². The number of benzene rings is 1. The first kappa shape index (κ1) is 27.6. The zero-order valence-electron chi connectivity index (χ0n) is 19.8. The number of hydrogen-bond donors (Lipinski definition) is 3. The van der Waals surface area contributed by atoms with Crippen molar-refractivity contribution in [3.8, 4) is 11.8 Å². The Hall–Kier alpha value is -3.03. The Balaban J connectivity index is 1.87. The number of carbonyl (C=O) groups excluding carboxylic acids is 1. The van der Waals surface area contributed by atoms with Crippen molar-refractivity contribution in [3.63, 3.8) is 0 Å². The van der Waals surface area contributed by atoms with Gasteiger partial charge in [-0.3, -0.25) is 9.59 Å². The van der Waals surface area contributed by atoms with E-state index in [-0.39, 0.29) is 47.2 Å². The van der Waals surface area contributed by atoms with Crippen molar-refractivity contribution in [3.05, 3.63) is 52.1 Å². The maximum atomic E-state index is 13.2. The Morgan fingerprint density at radius 2 is 1.89 bits per heavy atom. The highest BCUT2D eigenvalue weighted by molar-refractivity contribution is 6.29. The summed E-state index contributed by atoms with van der Waals surface area (Å²) in [7, 11) is 0. The highest BCUT2D eigenvalue weighted by Crippen LogP contribution is 2.31. The molecule has 11 heteroatoms. The fourth-order valence-electron chi connectivity index (χ4n) is 4.06. The number of aromatic nitrogens is 2. The lowest BCUT2D eigenvalue weighted by atomic mass is 9.82. The van der Waals surface area contributed by atoms with Crippen molar-refractivity contribution in [2.24, 2.45) is 11.8 Å². The number of imidazole rings is 1. The smallest absolute Gasteiger partial charge is 0.416 e. The Bertz CT molecular complexity index is 1180. The van der Waals surface area contributed by atoms with E-state index >= 15 is 0 Å². The van der Waals surface area contributed by atoms with Gasteiger partial charge in [-0.05, 0) is 80.7 Å². The summed E-state index contributed by atoms with van der Waals surface area (Å²) < 4.78 is 40.8. The van der Waals surface area contributed by atoms with Crippen molar-refractivity contribution < 1.29 is 33.0 Å². The number of rotatable bonds is 6. The van der Waals surface area contributed by atoms with E-state index in [1.54, 1.807) is 0 Å². The summed E-state index contributed by atoms with van der Waals surface area (Å²) >= 11 is 6.28. The highest BCUT2D eigenvalue weighted by Gasteiger charge is 2.31. The number of alkyl halides is 3. The number of hydrogen-bond acceptors (Lipinski definition) is 4. The molecule has 3 rings (SSSR count). The molecule has 1 saturated carbocycles. The first-order chi connectivity index (χ1) is 16.7. The topological polar surface area (TPSA) is 104 Å². The van der Waals surface area contributed by atoms with Crippen LogP contribution in [0.15, 0.2) is 24.3 Å². The molecule has 3 N–H and O–H groups in total. The molecule has 1 aliphatic carbocycles. The van der Waals surface area contributed by atoms with Crippen LogP contribution in [0.2, 0.25) is 5.28 Å². The molecule has 194 valence electrons. The van der Waals surface area contributed by atoms with Crippen LogP contribution in [0.3, 0.4) is 0 Å². The molecule has 0 unspecified atom stereocenters. The van der Waals surface area contributed by atoms with Crippen LogP contribution in [-0.2, 0) is 17.5 Å². The van der Waals surface area contributed by atoms with E-state index in [1.165, 1.54) is 30.5 Å². The Morgan fingerprint density at radius 3 is 2.47 bits per heavy atom. The third-order valence-corrected chi connectivity index (χ3v) is 6.25. The standard InChI is InChI=1S/C25H27ClF3N3O4/c1-24(2,36)11-10-19-20(21(33)30-13-15-6-8-17(9-7-15)22(34)35)32(23(26)31-19)14-16-4-3-5-18(12-16)25(27,28)29/h3-5,12,15,17,36H,6-9,13-14H2,1-2H3,(H,30,33)(H,34,35). The third kappa shape index (κ3) is 7.24. The lowest BCUT2D eigenvalue weighted by molar-refractivity contribution is -0.143. The molecule has 1 fully saturated rings. The van der Waals surface area contributed by atoms with Gasteiger partial charge in [0.05, 0.1) is 18.0 Å². The molecule has 7 nitrogen and oxygen atoms in total. The summed E-state index contributed by atoms with van der Waals surface area (Å²) in [5.74, 6) is 3.55. The van der Waals surface area contributed by atoms with Gasteiger partial charge in [0.15, 0.2) is 0 Å². The summed E-state index contributed by atoms with van der Waals surface area (Å²) in [6.07, 6.45) is -2.19. The Morgan fingerprint density at radius 1 is 1.22 bits per heavy atom. The number of halogens is 4. The minimum absolute atomic E-state index is 0.0128. The molecular weight excluding hydrogens is 499 g/mol. The van der Waals surface area contributed by atoms with Gasteiger partial charge in [-0.15, -0.1) is 0 Å². The first-order valence-corrected chi connectivity index (χ1v) is 11.8. The highest BCUT2D eigenvalue weighted by atomic mass is 35.5. The number of aliphatic carboxylic acids is 1. The van der Waals surface area contributed by atoms with E-state index in [4.69, 9.17) is 16.7 Å². The second-order valence-corrected chi connectivity index (χ2v) is 9.78. The maximum absolute atomic E-state index is 13.2. The van der Waals surface area contributed by atoms with Crippen molar-refractivity contribution in [2.45, 2.75) is 57.9 Å². The molecule has 1 aliphatic rings. The van der Waals surface area contributed by atoms with Crippen molar-refractivity contribution in [1.82, 2.24) is 14.9 Å². The lowest BCUT2D eigenvalue weighted by Crippen LogP contribution is -2.34. The normalized spacial score (nSPS) is 18.3. The number of carbonyl (C=O) groups is 2. The van der Waals surface area contributed by atoms with Crippen LogP contribution in [0.5, 0.6) is 0 Å². The van der Waals surface area contributed by atoms with Gasteiger partial charge < -0.3 is 20.1 Å². The molecule has 0 saturated heterocycles. The molecule has 1 aromatic heterocycles. The molecule has 36 heavy (non-hydrogen) atoms. The number of nitrogens with zero attached hydrogens (tertiary/aromatic N) is 2. The Labute approximate surface area is 211 Å². The van der Waals surface area contributed by atoms with Crippen molar-refractivity contribution >= 4 is 23.5 Å². The van der Waals surface area contributed by atoms with E-state index < -0.39 is 29.2 Å². The van der Waals surface area contributed by atoms with Gasteiger partial charge in [-0.1, -0.05) is 18.1 Å². The van der Waals surface area contributed by atoms with Gasteiger partial charge in [0.25, 0.3) is 5.91 Å². The summed E-state index contributed by atoms with van der Waals surface area (Å²) in [6, 6.07) is 4.68. The van der Waals surface area contributed by atoms with Gasteiger partial charge in [0.2, 0.25) is 5.28 Å². The SMILES string of the molecule is CC(C)(O)C#Cc1nc(Cl)n(Cc2cccc(C(F)(F)F)c2)c1C(=O)NCC1CCC(C(=O)O)CC1. The summed E-state index contributed by atoms with van der Waals surface area (Å²) in [5.41, 5.74) is -2.00. The summed E-state index contributed by atoms with van der Waals surface area (Å²) in [5, 5.41) is 21.8. The Kier molecular flexibility index (Phi) is 8.37. The molecule has 1 amide bonds. The number of aliphatic hydroxyl groups is 1. The van der Waals surface area contributed by atoms with Gasteiger partial charge >= 0.3 is 12.1 Å². The number of amides is 1. The second kappa shape index (κ2) is 10.9. The van der Waals surface area contributed by atoms with Gasteiger partial charge in [0.1, 0.15) is 17.0 Å². The van der Waals surface area contributed by atoms with Crippen LogP contribution in [0.25, 0.3) is 0 Å². The summed E-state index contributed by atoms with van der Waals surface area (Å²) in [4.78, 5) is 28.5. The fraction of sp³-hybridized carbons (Fsp3) is 0.480. The van der Waals surface area contributed by atoms with Crippen molar-refractivity contribution in [2.75, 3.05) is 6.54 Å². The molecule has 1 aromatic carbocycles. The third-order valence-electron chi connectivity index (χ3n) is 5.97. The van der Waals surface area contributed by atoms with Crippen LogP contribution in [0.4, 0.5) is 13.2 Å². The quantitative estimate of drug-likeness (QED) is 0.486. The second-order valence-electron chi connectivity index (χ2n) is 9.44. The molecule has 0 aliphatic heterocycles. The van der Waals surface area contributed by atoms with Crippen LogP contribution in [-0.4, -0.2) is 43.8 Å². The van der Waals surface area contributed by atoms with E-state index in [1.807, 2.05) is 0 Å². The number of carboxylic acids is 1. The predicted octanol–water partition coefficient (Wildman–Crippen LogP) is 4.35.